The Morgan fingerprint density at radius 2 is 2.00 bits per heavy atom. The van der Waals surface area contributed by atoms with Crippen LogP contribution in [0.15, 0.2) is 36.5 Å². The summed E-state index contributed by atoms with van der Waals surface area (Å²) in [5, 5.41) is 0. The highest BCUT2D eigenvalue weighted by Gasteiger charge is 2.10. The number of hydrogen-bond acceptors (Lipinski definition) is 5. The number of anilines is 3. The first kappa shape index (κ1) is 15.1. The highest BCUT2D eigenvalue weighted by molar-refractivity contribution is 5.46. The Morgan fingerprint density at radius 3 is 2.67 bits per heavy atom. The Balaban J connectivity index is 2.24. The molecule has 0 saturated carbocycles. The molecule has 0 fully saturated rings. The van der Waals surface area contributed by atoms with E-state index in [1.54, 1.807) is 6.20 Å². The van der Waals surface area contributed by atoms with Gasteiger partial charge >= 0.3 is 0 Å². The summed E-state index contributed by atoms with van der Waals surface area (Å²) in [6.07, 6.45) is 2.86. The zero-order chi connectivity index (χ0) is 15.2. The number of nitrogens with zero attached hydrogens (tertiary/aromatic N) is 4. The molecule has 1 heterocycles. The molecule has 0 saturated heterocycles. The van der Waals surface area contributed by atoms with Crippen molar-refractivity contribution in [3.8, 4) is 0 Å². The number of aromatic nitrogens is 2. The standard InChI is InChI=1S/C16H23N5/c1-4-10-21(12-13-6-5-7-14(17)11-13)15-8-9-18-16(19-15)20(2)3/h5-9,11H,4,10,12,17H2,1-3H3. The van der Waals surface area contributed by atoms with Gasteiger partial charge in [-0.15, -0.1) is 0 Å². The van der Waals surface area contributed by atoms with Crippen molar-refractivity contribution in [1.29, 1.82) is 0 Å². The van der Waals surface area contributed by atoms with Crippen molar-refractivity contribution < 1.29 is 0 Å². The van der Waals surface area contributed by atoms with Gasteiger partial charge in [0.05, 0.1) is 0 Å². The molecule has 0 aliphatic carbocycles. The van der Waals surface area contributed by atoms with Crippen LogP contribution < -0.4 is 15.5 Å². The molecule has 1 aromatic carbocycles. The van der Waals surface area contributed by atoms with E-state index in [1.165, 1.54) is 5.56 Å². The lowest BCUT2D eigenvalue weighted by molar-refractivity contribution is 0.751. The maximum atomic E-state index is 5.86. The zero-order valence-corrected chi connectivity index (χ0v) is 13.0. The normalized spacial score (nSPS) is 10.4. The van der Waals surface area contributed by atoms with Crippen molar-refractivity contribution in [3.63, 3.8) is 0 Å². The molecule has 1 aromatic heterocycles. The van der Waals surface area contributed by atoms with E-state index >= 15 is 0 Å². The summed E-state index contributed by atoms with van der Waals surface area (Å²) in [4.78, 5) is 13.1. The van der Waals surface area contributed by atoms with Crippen molar-refractivity contribution in [3.05, 3.63) is 42.1 Å². The second kappa shape index (κ2) is 6.92. The van der Waals surface area contributed by atoms with E-state index in [0.717, 1.165) is 37.0 Å². The van der Waals surface area contributed by atoms with Crippen LogP contribution in [0.2, 0.25) is 0 Å². The topological polar surface area (TPSA) is 58.3 Å². The van der Waals surface area contributed by atoms with Gasteiger partial charge in [-0.2, -0.15) is 4.98 Å². The molecule has 0 unspecified atom stereocenters. The minimum Gasteiger partial charge on any atom is -0.399 e. The third kappa shape index (κ3) is 4.08. The summed E-state index contributed by atoms with van der Waals surface area (Å²) < 4.78 is 0. The SMILES string of the molecule is CCCN(Cc1cccc(N)c1)c1ccnc(N(C)C)n1. The Morgan fingerprint density at radius 1 is 1.19 bits per heavy atom. The molecule has 0 aliphatic heterocycles. The Labute approximate surface area is 126 Å². The summed E-state index contributed by atoms with van der Waals surface area (Å²) in [6, 6.07) is 9.95. The number of rotatable bonds is 6. The molecule has 0 radical (unpaired) electrons. The molecule has 0 spiro atoms. The fraction of sp³-hybridized carbons (Fsp3) is 0.375. The minimum atomic E-state index is 0.723. The van der Waals surface area contributed by atoms with Crippen molar-refractivity contribution >= 4 is 17.5 Å². The fourth-order valence-corrected chi connectivity index (χ4v) is 2.19. The van der Waals surface area contributed by atoms with Gasteiger partial charge in [-0.25, -0.2) is 4.98 Å². The van der Waals surface area contributed by atoms with Gasteiger partial charge in [0, 0.05) is 39.1 Å². The molecule has 2 aromatic rings. The summed E-state index contributed by atoms with van der Waals surface area (Å²) in [7, 11) is 3.89. The molecule has 0 aliphatic rings. The predicted octanol–water partition coefficient (Wildman–Crippen LogP) is 2.54. The molecule has 5 heteroatoms. The van der Waals surface area contributed by atoms with Gasteiger partial charge in [-0.05, 0) is 30.2 Å². The third-order valence-electron chi connectivity index (χ3n) is 3.17. The monoisotopic (exact) mass is 285 g/mol. The van der Waals surface area contributed by atoms with Crippen LogP contribution in [0, 0.1) is 0 Å². The van der Waals surface area contributed by atoms with E-state index < -0.39 is 0 Å². The lowest BCUT2D eigenvalue weighted by atomic mass is 10.2. The van der Waals surface area contributed by atoms with Crippen LogP contribution >= 0.6 is 0 Å². The molecule has 5 nitrogen and oxygen atoms in total. The van der Waals surface area contributed by atoms with Crippen LogP contribution in [0.3, 0.4) is 0 Å². The molecule has 0 atom stereocenters. The zero-order valence-electron chi connectivity index (χ0n) is 13.0. The van der Waals surface area contributed by atoms with Crippen molar-refractivity contribution in [2.45, 2.75) is 19.9 Å². The Kier molecular flexibility index (Phi) is 4.98. The molecule has 21 heavy (non-hydrogen) atoms. The van der Waals surface area contributed by atoms with Gasteiger partial charge in [0.2, 0.25) is 5.95 Å². The number of benzene rings is 1. The maximum Gasteiger partial charge on any atom is 0.226 e. The number of hydrogen-bond donors (Lipinski definition) is 1. The molecular formula is C16H23N5. The molecule has 0 amide bonds. The predicted molar refractivity (Wildman–Crippen MR) is 88.6 cm³/mol. The quantitative estimate of drug-likeness (QED) is 0.827. The van der Waals surface area contributed by atoms with Gasteiger partial charge in [0.1, 0.15) is 5.82 Å². The first-order valence-corrected chi connectivity index (χ1v) is 7.20. The van der Waals surface area contributed by atoms with E-state index in [-0.39, 0.29) is 0 Å². The summed E-state index contributed by atoms with van der Waals surface area (Å²) in [5.41, 5.74) is 7.84. The molecular weight excluding hydrogens is 262 g/mol. The minimum absolute atomic E-state index is 0.723. The smallest absolute Gasteiger partial charge is 0.226 e. The first-order valence-electron chi connectivity index (χ1n) is 7.20. The summed E-state index contributed by atoms with van der Waals surface area (Å²) in [6.45, 7) is 3.90. The van der Waals surface area contributed by atoms with Crippen LogP contribution in [-0.2, 0) is 6.54 Å². The highest BCUT2D eigenvalue weighted by Crippen LogP contribution is 2.18. The van der Waals surface area contributed by atoms with Crippen LogP contribution in [0.1, 0.15) is 18.9 Å². The number of nitrogen functional groups attached to an aromatic ring is 1. The molecule has 2 N–H and O–H groups in total. The lowest BCUT2D eigenvalue weighted by Gasteiger charge is -2.24. The lowest BCUT2D eigenvalue weighted by Crippen LogP contribution is -2.25. The first-order chi connectivity index (χ1) is 10.1. The van der Waals surface area contributed by atoms with Crippen LogP contribution in [0.4, 0.5) is 17.5 Å². The molecule has 112 valence electrons. The second-order valence-corrected chi connectivity index (χ2v) is 5.28. The average molecular weight is 285 g/mol. The summed E-state index contributed by atoms with van der Waals surface area (Å²) in [5.74, 6) is 1.67. The van der Waals surface area contributed by atoms with Crippen molar-refractivity contribution in [1.82, 2.24) is 9.97 Å². The molecule has 2 rings (SSSR count). The van der Waals surface area contributed by atoms with Gasteiger partial charge in [0.15, 0.2) is 0 Å². The Bertz CT molecular complexity index is 582. The van der Waals surface area contributed by atoms with Crippen LogP contribution in [0.5, 0.6) is 0 Å². The van der Waals surface area contributed by atoms with Gasteiger partial charge in [0.25, 0.3) is 0 Å². The van der Waals surface area contributed by atoms with E-state index in [2.05, 4.69) is 27.9 Å². The van der Waals surface area contributed by atoms with E-state index in [4.69, 9.17) is 5.73 Å². The second-order valence-electron chi connectivity index (χ2n) is 5.28. The molecule has 0 bridgehead atoms. The van der Waals surface area contributed by atoms with E-state index in [1.807, 2.05) is 43.3 Å². The third-order valence-corrected chi connectivity index (χ3v) is 3.17. The van der Waals surface area contributed by atoms with Crippen molar-refractivity contribution in [2.75, 3.05) is 36.2 Å². The maximum absolute atomic E-state index is 5.86. The fourth-order valence-electron chi connectivity index (χ4n) is 2.19. The Hall–Kier alpha value is -2.30. The average Bonchev–Trinajstić information content (AvgIpc) is 2.47. The van der Waals surface area contributed by atoms with E-state index in [0.29, 0.717) is 0 Å². The van der Waals surface area contributed by atoms with E-state index in [9.17, 15) is 0 Å². The van der Waals surface area contributed by atoms with Crippen LogP contribution in [-0.4, -0.2) is 30.6 Å². The highest BCUT2D eigenvalue weighted by atomic mass is 15.3. The van der Waals surface area contributed by atoms with Gasteiger partial charge in [-0.3, -0.25) is 0 Å². The number of nitrogens with two attached hydrogens (primary N) is 1. The summed E-state index contributed by atoms with van der Waals surface area (Å²) >= 11 is 0. The van der Waals surface area contributed by atoms with Gasteiger partial charge in [-0.1, -0.05) is 19.1 Å². The van der Waals surface area contributed by atoms with Gasteiger partial charge < -0.3 is 15.5 Å². The largest absolute Gasteiger partial charge is 0.399 e. The van der Waals surface area contributed by atoms with Crippen molar-refractivity contribution in [2.24, 2.45) is 0 Å². The van der Waals surface area contributed by atoms with Crippen LogP contribution in [0.25, 0.3) is 0 Å².